The summed E-state index contributed by atoms with van der Waals surface area (Å²) in [7, 11) is 0. The number of rotatable bonds is 3. The van der Waals surface area contributed by atoms with E-state index in [4.69, 9.17) is 21.4 Å². The van der Waals surface area contributed by atoms with Gasteiger partial charge in [-0.05, 0) is 6.07 Å². The van der Waals surface area contributed by atoms with Gasteiger partial charge in [-0.15, -0.1) is 0 Å². The monoisotopic (exact) mass is 314 g/mol. The lowest BCUT2D eigenvalue weighted by atomic mass is 10.1. The van der Waals surface area contributed by atoms with E-state index in [0.29, 0.717) is 0 Å². The van der Waals surface area contributed by atoms with Gasteiger partial charge >= 0.3 is 5.97 Å². The molecule has 8 nitrogen and oxygen atoms in total. The smallest absolute Gasteiger partial charge is 0.334 e. The number of non-ortho nitro benzene ring substituents is 1. The number of halogens is 1. The summed E-state index contributed by atoms with van der Waals surface area (Å²) in [6.45, 7) is 0.183. The molecule has 1 aliphatic heterocycles. The molecule has 1 amide bonds. The first kappa shape index (κ1) is 15.2. The van der Waals surface area contributed by atoms with Gasteiger partial charge in [-0.1, -0.05) is 11.6 Å². The second-order valence-corrected chi connectivity index (χ2v) is 4.84. The zero-order valence-electron chi connectivity index (χ0n) is 10.7. The van der Waals surface area contributed by atoms with Gasteiger partial charge in [-0.2, -0.15) is 0 Å². The number of hydrogen-bond donors (Lipinski definition) is 1. The molecule has 2 rings (SSSR count). The molecule has 0 aliphatic carbocycles. The largest absolute Gasteiger partial charge is 0.479 e. The first-order valence-corrected chi connectivity index (χ1v) is 6.35. The minimum Gasteiger partial charge on any atom is -0.479 e. The Morgan fingerprint density at radius 3 is 2.76 bits per heavy atom. The molecule has 112 valence electrons. The minimum atomic E-state index is -1.16. The Morgan fingerprint density at radius 1 is 1.43 bits per heavy atom. The summed E-state index contributed by atoms with van der Waals surface area (Å²) in [5.41, 5.74) is -0.255. The van der Waals surface area contributed by atoms with Crippen LogP contribution in [0.15, 0.2) is 18.2 Å². The molecule has 0 saturated carbocycles. The number of nitro groups is 1. The van der Waals surface area contributed by atoms with E-state index in [1.165, 1.54) is 11.0 Å². The van der Waals surface area contributed by atoms with Crippen LogP contribution in [-0.2, 0) is 9.53 Å². The highest BCUT2D eigenvalue weighted by atomic mass is 35.5. The van der Waals surface area contributed by atoms with Crippen LogP contribution >= 0.6 is 11.6 Å². The molecule has 1 atom stereocenters. The van der Waals surface area contributed by atoms with Crippen molar-refractivity contribution in [2.24, 2.45) is 0 Å². The molecule has 1 N–H and O–H groups in total. The summed E-state index contributed by atoms with van der Waals surface area (Å²) in [5.74, 6) is -1.68. The summed E-state index contributed by atoms with van der Waals surface area (Å²) < 4.78 is 5.01. The van der Waals surface area contributed by atoms with Crippen LogP contribution in [0, 0.1) is 10.1 Å². The average molecular weight is 315 g/mol. The van der Waals surface area contributed by atoms with E-state index in [1.54, 1.807) is 0 Å². The Balaban J connectivity index is 2.23. The van der Waals surface area contributed by atoms with Crippen molar-refractivity contribution in [3.05, 3.63) is 38.9 Å². The van der Waals surface area contributed by atoms with Gasteiger partial charge in [0.05, 0.1) is 18.1 Å². The third-order valence-corrected chi connectivity index (χ3v) is 3.19. The van der Waals surface area contributed by atoms with E-state index in [0.717, 1.165) is 12.1 Å². The maximum absolute atomic E-state index is 12.3. The molecule has 0 radical (unpaired) electrons. The van der Waals surface area contributed by atoms with E-state index < -0.39 is 22.9 Å². The summed E-state index contributed by atoms with van der Waals surface area (Å²) >= 11 is 5.76. The van der Waals surface area contributed by atoms with Gasteiger partial charge in [0.2, 0.25) is 0 Å². The fourth-order valence-electron chi connectivity index (χ4n) is 1.97. The number of ether oxygens (including phenoxy) is 1. The van der Waals surface area contributed by atoms with Gasteiger partial charge in [0.25, 0.3) is 11.6 Å². The fraction of sp³-hybridized carbons (Fsp3) is 0.333. The molecule has 0 bridgehead atoms. The standard InChI is InChI=1S/C12H11ClN2O6/c13-8-3-7(4-9(5-8)15(19)20)11(16)14-1-2-21-10(6-14)12(17)18/h3-5,10H,1-2,6H2,(H,17,18). The molecule has 1 unspecified atom stereocenters. The van der Waals surface area contributed by atoms with Gasteiger partial charge in [-0.3, -0.25) is 14.9 Å². The van der Waals surface area contributed by atoms with Crippen LogP contribution in [0.3, 0.4) is 0 Å². The number of benzene rings is 1. The van der Waals surface area contributed by atoms with Crippen molar-refractivity contribution in [1.29, 1.82) is 0 Å². The quantitative estimate of drug-likeness (QED) is 0.662. The molecule has 1 aromatic rings. The summed E-state index contributed by atoms with van der Waals surface area (Å²) in [6, 6.07) is 3.55. The van der Waals surface area contributed by atoms with Crippen LogP contribution < -0.4 is 0 Å². The van der Waals surface area contributed by atoms with Gasteiger partial charge in [0.15, 0.2) is 6.10 Å². The predicted molar refractivity (Wildman–Crippen MR) is 71.4 cm³/mol. The molecule has 1 saturated heterocycles. The Morgan fingerprint density at radius 2 is 2.14 bits per heavy atom. The first-order chi connectivity index (χ1) is 9.88. The van der Waals surface area contributed by atoms with Crippen LogP contribution in [-0.4, -0.2) is 52.6 Å². The van der Waals surface area contributed by atoms with Crippen LogP contribution in [0.1, 0.15) is 10.4 Å². The van der Waals surface area contributed by atoms with Crippen LogP contribution in [0.25, 0.3) is 0 Å². The van der Waals surface area contributed by atoms with Gasteiger partial charge in [-0.25, -0.2) is 4.79 Å². The third kappa shape index (κ3) is 3.47. The molecule has 1 fully saturated rings. The van der Waals surface area contributed by atoms with E-state index >= 15 is 0 Å². The van der Waals surface area contributed by atoms with Crippen LogP contribution in [0.5, 0.6) is 0 Å². The van der Waals surface area contributed by atoms with Crippen molar-refractivity contribution >= 4 is 29.2 Å². The van der Waals surface area contributed by atoms with Crippen molar-refractivity contribution in [1.82, 2.24) is 4.90 Å². The Labute approximate surface area is 124 Å². The summed E-state index contributed by atoms with van der Waals surface area (Å²) in [6.07, 6.45) is -1.10. The number of hydrogen-bond acceptors (Lipinski definition) is 5. The Hall–Kier alpha value is -2.19. The third-order valence-electron chi connectivity index (χ3n) is 2.97. The average Bonchev–Trinajstić information content (AvgIpc) is 2.45. The fourth-order valence-corrected chi connectivity index (χ4v) is 2.20. The molecular formula is C12H11ClN2O6. The molecule has 0 aromatic heterocycles. The lowest BCUT2D eigenvalue weighted by molar-refractivity contribution is -0.384. The molecule has 1 aromatic carbocycles. The number of nitro benzene ring substituents is 1. The summed E-state index contributed by atoms with van der Waals surface area (Å²) in [5, 5.41) is 19.7. The maximum Gasteiger partial charge on any atom is 0.334 e. The maximum atomic E-state index is 12.3. The highest BCUT2D eigenvalue weighted by Gasteiger charge is 2.30. The molecule has 1 heterocycles. The zero-order valence-corrected chi connectivity index (χ0v) is 11.4. The number of carboxylic acid groups (broad SMARTS) is 1. The lowest BCUT2D eigenvalue weighted by Crippen LogP contribution is -2.48. The lowest BCUT2D eigenvalue weighted by Gasteiger charge is -2.30. The highest BCUT2D eigenvalue weighted by Crippen LogP contribution is 2.22. The molecule has 9 heteroatoms. The van der Waals surface area contributed by atoms with Crippen molar-refractivity contribution in [2.75, 3.05) is 19.7 Å². The van der Waals surface area contributed by atoms with Gasteiger partial charge in [0, 0.05) is 29.3 Å². The number of nitrogens with zero attached hydrogens (tertiary/aromatic N) is 2. The molecular weight excluding hydrogens is 304 g/mol. The second-order valence-electron chi connectivity index (χ2n) is 4.40. The van der Waals surface area contributed by atoms with E-state index in [1.807, 2.05) is 0 Å². The van der Waals surface area contributed by atoms with E-state index in [-0.39, 0.29) is 36.0 Å². The number of carbonyl (C=O) groups is 2. The molecule has 21 heavy (non-hydrogen) atoms. The van der Waals surface area contributed by atoms with Crippen LogP contribution in [0.2, 0.25) is 5.02 Å². The first-order valence-electron chi connectivity index (χ1n) is 5.97. The molecule has 1 aliphatic rings. The van der Waals surface area contributed by atoms with Crippen molar-refractivity contribution in [3.8, 4) is 0 Å². The number of amides is 1. The topological polar surface area (TPSA) is 110 Å². The van der Waals surface area contributed by atoms with Gasteiger partial charge in [0.1, 0.15) is 0 Å². The van der Waals surface area contributed by atoms with Gasteiger partial charge < -0.3 is 14.7 Å². The summed E-state index contributed by atoms with van der Waals surface area (Å²) in [4.78, 5) is 34.6. The second kappa shape index (κ2) is 6.06. The molecule has 0 spiro atoms. The van der Waals surface area contributed by atoms with Crippen LogP contribution in [0.4, 0.5) is 5.69 Å². The number of carbonyl (C=O) groups excluding carboxylic acids is 1. The number of morpholine rings is 1. The number of carboxylic acids is 1. The van der Waals surface area contributed by atoms with Crippen molar-refractivity contribution in [2.45, 2.75) is 6.10 Å². The SMILES string of the molecule is O=C(O)C1CN(C(=O)c2cc(Cl)cc([N+](=O)[O-])c2)CCO1. The zero-order chi connectivity index (χ0) is 15.6. The Kier molecular flexibility index (Phi) is 4.39. The normalized spacial score (nSPS) is 18.3. The number of aliphatic carboxylic acids is 1. The van der Waals surface area contributed by atoms with E-state index in [9.17, 15) is 19.7 Å². The van der Waals surface area contributed by atoms with Crippen molar-refractivity contribution < 1.29 is 24.4 Å². The van der Waals surface area contributed by atoms with E-state index in [2.05, 4.69) is 0 Å². The Bertz CT molecular complexity index is 605. The highest BCUT2D eigenvalue weighted by molar-refractivity contribution is 6.31. The predicted octanol–water partition coefficient (Wildman–Crippen LogP) is 1.17. The van der Waals surface area contributed by atoms with Crippen molar-refractivity contribution in [3.63, 3.8) is 0 Å². The minimum absolute atomic E-state index is 0.0419.